The van der Waals surface area contributed by atoms with Gasteiger partial charge in [-0.15, -0.1) is 0 Å². The topological polar surface area (TPSA) is 15.3 Å². The maximum atomic E-state index is 3.51. The average Bonchev–Trinajstić information content (AvgIpc) is 2.48. The van der Waals surface area contributed by atoms with Crippen LogP contribution in [-0.2, 0) is 0 Å². The van der Waals surface area contributed by atoms with Crippen LogP contribution in [0.5, 0.6) is 0 Å². The molecule has 1 aliphatic rings. The number of hydrogen-bond acceptors (Lipinski definition) is 2. The lowest BCUT2D eigenvalue weighted by molar-refractivity contribution is 0.176. The highest BCUT2D eigenvalue weighted by Crippen LogP contribution is 2.25. The van der Waals surface area contributed by atoms with E-state index >= 15 is 0 Å². The van der Waals surface area contributed by atoms with Gasteiger partial charge in [-0.2, -0.15) is 0 Å². The number of nitrogens with zero attached hydrogens (tertiary/aromatic N) is 1. The van der Waals surface area contributed by atoms with Gasteiger partial charge in [-0.1, -0.05) is 43.0 Å². The Morgan fingerprint density at radius 1 is 1.20 bits per heavy atom. The summed E-state index contributed by atoms with van der Waals surface area (Å²) in [6.45, 7) is 5.51. The van der Waals surface area contributed by atoms with E-state index in [-0.39, 0.29) is 0 Å². The normalized spacial score (nSPS) is 18.4. The van der Waals surface area contributed by atoms with Gasteiger partial charge in [0, 0.05) is 18.6 Å². The van der Waals surface area contributed by atoms with E-state index in [1.165, 1.54) is 48.8 Å². The number of benzene rings is 1. The third-order valence-corrected chi connectivity index (χ3v) is 4.83. The minimum atomic E-state index is 0.432. The second-order valence-electron chi connectivity index (χ2n) is 6.43. The molecule has 1 saturated carbocycles. The van der Waals surface area contributed by atoms with Crippen molar-refractivity contribution in [3.8, 4) is 0 Å². The smallest absolute Gasteiger partial charge is 0.0449 e. The van der Waals surface area contributed by atoms with Crippen molar-refractivity contribution in [2.24, 2.45) is 0 Å². The van der Waals surface area contributed by atoms with Gasteiger partial charge in [0.2, 0.25) is 0 Å². The molecule has 0 spiro atoms. The van der Waals surface area contributed by atoms with Crippen LogP contribution < -0.4 is 5.32 Å². The molecule has 1 aromatic rings. The molecule has 2 heteroatoms. The highest BCUT2D eigenvalue weighted by Gasteiger charge is 2.21. The van der Waals surface area contributed by atoms with E-state index < -0.39 is 0 Å². The lowest BCUT2D eigenvalue weighted by atomic mass is 9.93. The van der Waals surface area contributed by atoms with Crippen LogP contribution in [0, 0.1) is 13.8 Å². The molecule has 1 atom stereocenters. The standard InChI is InChI=1S/C18H30N2/c1-14-10-11-15(2)17(12-14)18(19-3)13-20(4)16-8-6-5-7-9-16/h10-12,16,18-19H,5-9,13H2,1-4H3. The Kier molecular flexibility index (Phi) is 5.62. The van der Waals surface area contributed by atoms with Crippen LogP contribution in [0.4, 0.5) is 0 Å². The summed E-state index contributed by atoms with van der Waals surface area (Å²) in [6.07, 6.45) is 6.99. The number of hydrogen-bond donors (Lipinski definition) is 1. The molecule has 20 heavy (non-hydrogen) atoms. The van der Waals surface area contributed by atoms with Crippen molar-refractivity contribution in [2.45, 2.75) is 58.0 Å². The van der Waals surface area contributed by atoms with Crippen molar-refractivity contribution in [2.75, 3.05) is 20.6 Å². The van der Waals surface area contributed by atoms with Gasteiger partial charge in [0.25, 0.3) is 0 Å². The zero-order chi connectivity index (χ0) is 14.5. The largest absolute Gasteiger partial charge is 0.312 e. The van der Waals surface area contributed by atoms with Gasteiger partial charge < -0.3 is 10.2 Å². The van der Waals surface area contributed by atoms with E-state index in [9.17, 15) is 0 Å². The fraction of sp³-hybridized carbons (Fsp3) is 0.667. The van der Waals surface area contributed by atoms with Gasteiger partial charge >= 0.3 is 0 Å². The molecule has 1 aliphatic carbocycles. The van der Waals surface area contributed by atoms with Crippen LogP contribution in [0.3, 0.4) is 0 Å². The molecule has 0 heterocycles. The van der Waals surface area contributed by atoms with Crippen molar-refractivity contribution >= 4 is 0 Å². The fourth-order valence-corrected chi connectivity index (χ4v) is 3.44. The first kappa shape index (κ1) is 15.5. The van der Waals surface area contributed by atoms with E-state index in [1.807, 2.05) is 0 Å². The summed E-state index contributed by atoms with van der Waals surface area (Å²) in [4.78, 5) is 2.57. The third kappa shape index (κ3) is 3.83. The molecule has 2 rings (SSSR count). The molecule has 1 N–H and O–H groups in total. The van der Waals surface area contributed by atoms with Crippen molar-refractivity contribution < 1.29 is 0 Å². The van der Waals surface area contributed by atoms with Crippen LogP contribution in [0.15, 0.2) is 18.2 Å². The first-order valence-electron chi connectivity index (χ1n) is 8.06. The number of aryl methyl sites for hydroxylation is 2. The maximum Gasteiger partial charge on any atom is 0.0449 e. The first-order valence-corrected chi connectivity index (χ1v) is 8.06. The lowest BCUT2D eigenvalue weighted by Gasteiger charge is -2.34. The molecule has 0 aromatic heterocycles. The number of likely N-dealkylation sites (N-methyl/N-ethyl adjacent to an activating group) is 2. The summed E-state index contributed by atoms with van der Waals surface area (Å²) >= 11 is 0. The summed E-state index contributed by atoms with van der Waals surface area (Å²) in [6, 6.07) is 8.00. The Labute approximate surface area is 124 Å². The number of rotatable bonds is 5. The summed E-state index contributed by atoms with van der Waals surface area (Å²) in [7, 11) is 4.38. The highest BCUT2D eigenvalue weighted by molar-refractivity contribution is 5.33. The van der Waals surface area contributed by atoms with Crippen LogP contribution in [0.25, 0.3) is 0 Å². The predicted molar refractivity (Wildman–Crippen MR) is 87.2 cm³/mol. The SMILES string of the molecule is CNC(CN(C)C1CCCCC1)c1cc(C)ccc1C. The predicted octanol–water partition coefficient (Wildman–Crippen LogP) is 3.83. The van der Waals surface area contributed by atoms with Gasteiger partial charge in [0.15, 0.2) is 0 Å². The summed E-state index contributed by atoms with van der Waals surface area (Å²) in [5, 5.41) is 3.51. The molecule has 112 valence electrons. The van der Waals surface area contributed by atoms with Crippen LogP contribution in [0.2, 0.25) is 0 Å². The molecule has 0 bridgehead atoms. The van der Waals surface area contributed by atoms with Gasteiger partial charge in [-0.3, -0.25) is 0 Å². The monoisotopic (exact) mass is 274 g/mol. The molecule has 0 amide bonds. The van der Waals surface area contributed by atoms with E-state index in [1.54, 1.807) is 0 Å². The van der Waals surface area contributed by atoms with Gasteiger partial charge in [-0.05, 0) is 51.9 Å². The molecule has 0 radical (unpaired) electrons. The molecule has 1 fully saturated rings. The summed E-state index contributed by atoms with van der Waals surface area (Å²) in [5.74, 6) is 0. The van der Waals surface area contributed by atoms with E-state index in [2.05, 4.69) is 56.4 Å². The van der Waals surface area contributed by atoms with Crippen molar-refractivity contribution in [3.63, 3.8) is 0 Å². The Hall–Kier alpha value is -0.860. The Morgan fingerprint density at radius 2 is 1.90 bits per heavy atom. The van der Waals surface area contributed by atoms with Gasteiger partial charge in [-0.25, -0.2) is 0 Å². The molecule has 1 unspecified atom stereocenters. The molecule has 0 saturated heterocycles. The maximum absolute atomic E-state index is 3.51. The highest BCUT2D eigenvalue weighted by atomic mass is 15.1. The molecular weight excluding hydrogens is 244 g/mol. The summed E-state index contributed by atoms with van der Waals surface area (Å²) in [5.41, 5.74) is 4.20. The zero-order valence-corrected chi connectivity index (χ0v) is 13.6. The Bertz CT molecular complexity index is 421. The van der Waals surface area contributed by atoms with Crippen LogP contribution >= 0.6 is 0 Å². The minimum Gasteiger partial charge on any atom is -0.312 e. The van der Waals surface area contributed by atoms with Crippen LogP contribution in [0.1, 0.15) is 54.8 Å². The quantitative estimate of drug-likeness (QED) is 0.878. The van der Waals surface area contributed by atoms with E-state index in [0.29, 0.717) is 6.04 Å². The average molecular weight is 274 g/mol. The van der Waals surface area contributed by atoms with Crippen molar-refractivity contribution in [1.29, 1.82) is 0 Å². The zero-order valence-electron chi connectivity index (χ0n) is 13.6. The molecule has 0 aliphatic heterocycles. The third-order valence-electron chi connectivity index (χ3n) is 4.83. The molecule has 2 nitrogen and oxygen atoms in total. The van der Waals surface area contributed by atoms with E-state index in [0.717, 1.165) is 12.6 Å². The van der Waals surface area contributed by atoms with E-state index in [4.69, 9.17) is 0 Å². The fourth-order valence-electron chi connectivity index (χ4n) is 3.44. The Balaban J connectivity index is 2.05. The molecular formula is C18H30N2. The van der Waals surface area contributed by atoms with Gasteiger partial charge in [0.1, 0.15) is 0 Å². The lowest BCUT2D eigenvalue weighted by Crippen LogP contribution is -2.39. The first-order chi connectivity index (χ1) is 9.61. The second kappa shape index (κ2) is 7.24. The van der Waals surface area contributed by atoms with Crippen molar-refractivity contribution in [3.05, 3.63) is 34.9 Å². The van der Waals surface area contributed by atoms with Gasteiger partial charge in [0.05, 0.1) is 0 Å². The summed E-state index contributed by atoms with van der Waals surface area (Å²) < 4.78 is 0. The minimum absolute atomic E-state index is 0.432. The van der Waals surface area contributed by atoms with Crippen LogP contribution in [-0.4, -0.2) is 31.6 Å². The van der Waals surface area contributed by atoms with Crippen molar-refractivity contribution in [1.82, 2.24) is 10.2 Å². The second-order valence-corrected chi connectivity index (χ2v) is 6.43. The number of nitrogens with one attached hydrogen (secondary N) is 1. The Morgan fingerprint density at radius 3 is 2.55 bits per heavy atom. The molecule has 1 aromatic carbocycles.